The number of aromatic nitrogens is 2. The van der Waals surface area contributed by atoms with E-state index in [4.69, 9.17) is 4.74 Å². The number of halogens is 2. The smallest absolute Gasteiger partial charge is 0.387 e. The van der Waals surface area contributed by atoms with Crippen LogP contribution in [-0.2, 0) is 18.4 Å². The second-order valence-corrected chi connectivity index (χ2v) is 6.88. The van der Waals surface area contributed by atoms with Crippen molar-refractivity contribution in [3.05, 3.63) is 41.7 Å². The fourth-order valence-electron chi connectivity index (χ4n) is 3.56. The third kappa shape index (κ3) is 4.41. The summed E-state index contributed by atoms with van der Waals surface area (Å²) < 4.78 is 36.5. The molecule has 7 nitrogen and oxygen atoms in total. The Bertz CT molecular complexity index is 827. The molecule has 2 aromatic rings. The Labute approximate surface area is 162 Å². The first-order valence-electron chi connectivity index (χ1n) is 8.95. The summed E-state index contributed by atoms with van der Waals surface area (Å²) >= 11 is 0. The number of rotatable bonds is 7. The molecule has 1 aromatic heterocycles. The number of ether oxygens (including phenoxy) is 2. The van der Waals surface area contributed by atoms with Crippen molar-refractivity contribution in [3.8, 4) is 11.5 Å². The molecular weight excluding hydrogens is 370 g/mol. The molecule has 1 amide bonds. The summed E-state index contributed by atoms with van der Waals surface area (Å²) in [4.78, 5) is 14.6. The number of nitrogens with zero attached hydrogens (tertiary/aromatic N) is 3. The summed E-state index contributed by atoms with van der Waals surface area (Å²) in [5, 5.41) is 7.47. The van der Waals surface area contributed by atoms with Gasteiger partial charge in [0, 0.05) is 45.8 Å². The number of amides is 1. The number of alkyl halides is 2. The van der Waals surface area contributed by atoms with Crippen molar-refractivity contribution < 1.29 is 23.0 Å². The van der Waals surface area contributed by atoms with Gasteiger partial charge in [-0.1, -0.05) is 6.07 Å². The molecule has 1 saturated heterocycles. The summed E-state index contributed by atoms with van der Waals surface area (Å²) in [5.41, 5.74) is 1.70. The first-order chi connectivity index (χ1) is 13.4. The summed E-state index contributed by atoms with van der Waals surface area (Å²) in [6.45, 7) is -1.37. The minimum absolute atomic E-state index is 0.00833. The van der Waals surface area contributed by atoms with Crippen LogP contribution in [0.3, 0.4) is 0 Å². The molecule has 152 valence electrons. The van der Waals surface area contributed by atoms with Gasteiger partial charge in [0.25, 0.3) is 0 Å². The van der Waals surface area contributed by atoms with Crippen molar-refractivity contribution in [1.82, 2.24) is 20.0 Å². The van der Waals surface area contributed by atoms with Crippen LogP contribution < -0.4 is 14.8 Å². The number of carbonyl (C=O) groups is 1. The number of hydrogen-bond acceptors (Lipinski definition) is 5. The number of benzene rings is 1. The van der Waals surface area contributed by atoms with Crippen LogP contribution in [0.4, 0.5) is 8.78 Å². The SMILES string of the molecule is COc1ccc(CN(C)C(=O)[C@H]2CNC[C@@H]2c2cnn(C)c2)cc1OC(F)F. The number of hydrogen-bond donors (Lipinski definition) is 1. The molecule has 1 aliphatic rings. The van der Waals surface area contributed by atoms with Gasteiger partial charge in [0.15, 0.2) is 11.5 Å². The van der Waals surface area contributed by atoms with Crippen LogP contribution in [0.2, 0.25) is 0 Å². The molecule has 3 rings (SSSR count). The van der Waals surface area contributed by atoms with Gasteiger partial charge in [0.1, 0.15) is 0 Å². The Morgan fingerprint density at radius 1 is 1.39 bits per heavy atom. The van der Waals surface area contributed by atoms with E-state index in [0.29, 0.717) is 18.7 Å². The zero-order chi connectivity index (χ0) is 20.3. The van der Waals surface area contributed by atoms with Gasteiger partial charge in [-0.3, -0.25) is 9.48 Å². The summed E-state index contributed by atoms with van der Waals surface area (Å²) in [7, 11) is 4.94. The van der Waals surface area contributed by atoms with Gasteiger partial charge in [-0.15, -0.1) is 0 Å². The molecule has 1 aliphatic heterocycles. The molecule has 1 fully saturated rings. The summed E-state index contributed by atoms with van der Waals surface area (Å²) in [5.74, 6) is 0.00811. The summed E-state index contributed by atoms with van der Waals surface area (Å²) in [6, 6.07) is 4.76. The molecule has 2 heterocycles. The number of nitrogens with one attached hydrogen (secondary N) is 1. The topological polar surface area (TPSA) is 68.6 Å². The predicted molar refractivity (Wildman–Crippen MR) is 98.4 cm³/mol. The molecular formula is C19H24F2N4O3. The average molecular weight is 394 g/mol. The predicted octanol–water partition coefficient (Wildman–Crippen LogP) is 1.99. The van der Waals surface area contributed by atoms with Gasteiger partial charge in [-0.25, -0.2) is 0 Å². The monoisotopic (exact) mass is 394 g/mol. The van der Waals surface area contributed by atoms with Crippen LogP contribution in [0.25, 0.3) is 0 Å². The lowest BCUT2D eigenvalue weighted by atomic mass is 9.90. The van der Waals surface area contributed by atoms with E-state index in [2.05, 4.69) is 15.2 Å². The maximum atomic E-state index is 13.0. The van der Waals surface area contributed by atoms with Gasteiger partial charge in [0.05, 0.1) is 19.2 Å². The van der Waals surface area contributed by atoms with Crippen molar-refractivity contribution >= 4 is 5.91 Å². The van der Waals surface area contributed by atoms with Gasteiger partial charge >= 0.3 is 6.61 Å². The Morgan fingerprint density at radius 3 is 2.82 bits per heavy atom. The van der Waals surface area contributed by atoms with Crippen LogP contribution in [0.1, 0.15) is 17.0 Å². The van der Waals surface area contributed by atoms with E-state index in [-0.39, 0.29) is 35.8 Å². The number of methoxy groups -OCH3 is 1. The molecule has 0 radical (unpaired) electrons. The maximum Gasteiger partial charge on any atom is 0.387 e. The number of aryl methyl sites for hydroxylation is 1. The molecule has 0 bridgehead atoms. The zero-order valence-electron chi connectivity index (χ0n) is 16.1. The minimum Gasteiger partial charge on any atom is -0.493 e. The fraction of sp³-hybridized carbons (Fsp3) is 0.474. The highest BCUT2D eigenvalue weighted by molar-refractivity contribution is 5.80. The van der Waals surface area contributed by atoms with E-state index < -0.39 is 6.61 Å². The standard InChI is InChI=1S/C19H24F2N4O3/c1-24(10-12-4-5-16(27-3)17(6-12)28-19(20)21)18(26)15-9-22-8-14(15)13-7-23-25(2)11-13/h4-7,11,14-15,19,22H,8-10H2,1-3H3/t14-,15+/m1/s1. The average Bonchev–Trinajstić information content (AvgIpc) is 3.29. The lowest BCUT2D eigenvalue weighted by Crippen LogP contribution is -2.35. The highest BCUT2D eigenvalue weighted by Gasteiger charge is 2.36. The maximum absolute atomic E-state index is 13.0. The van der Waals surface area contributed by atoms with Crippen molar-refractivity contribution in [2.45, 2.75) is 19.1 Å². The van der Waals surface area contributed by atoms with Crippen LogP contribution >= 0.6 is 0 Å². The number of carbonyl (C=O) groups excluding carboxylic acids is 1. The second kappa shape index (κ2) is 8.55. The first-order valence-corrected chi connectivity index (χ1v) is 8.95. The Hall–Kier alpha value is -2.68. The van der Waals surface area contributed by atoms with E-state index in [9.17, 15) is 13.6 Å². The van der Waals surface area contributed by atoms with Crippen molar-refractivity contribution in [2.24, 2.45) is 13.0 Å². The third-order valence-corrected chi connectivity index (χ3v) is 4.92. The lowest BCUT2D eigenvalue weighted by molar-refractivity contribution is -0.134. The lowest BCUT2D eigenvalue weighted by Gasteiger charge is -2.24. The molecule has 0 saturated carbocycles. The quantitative estimate of drug-likeness (QED) is 0.778. The molecule has 28 heavy (non-hydrogen) atoms. The molecule has 9 heteroatoms. The fourth-order valence-corrected chi connectivity index (χ4v) is 3.56. The van der Waals surface area contributed by atoms with Crippen molar-refractivity contribution in [3.63, 3.8) is 0 Å². The van der Waals surface area contributed by atoms with E-state index >= 15 is 0 Å². The van der Waals surface area contributed by atoms with E-state index in [1.165, 1.54) is 13.2 Å². The van der Waals surface area contributed by atoms with E-state index in [0.717, 1.165) is 5.56 Å². The molecule has 0 unspecified atom stereocenters. The minimum atomic E-state index is -2.95. The molecule has 1 N–H and O–H groups in total. The molecule has 0 spiro atoms. The second-order valence-electron chi connectivity index (χ2n) is 6.88. The van der Waals surface area contributed by atoms with Crippen LogP contribution in [0.15, 0.2) is 30.6 Å². The Morgan fingerprint density at radius 2 is 2.18 bits per heavy atom. The molecule has 0 aliphatic carbocycles. The van der Waals surface area contributed by atoms with E-state index in [1.807, 2.05) is 13.2 Å². The zero-order valence-corrected chi connectivity index (χ0v) is 16.1. The Balaban J connectivity index is 1.71. The van der Waals surface area contributed by atoms with Crippen LogP contribution in [0.5, 0.6) is 11.5 Å². The largest absolute Gasteiger partial charge is 0.493 e. The molecule has 1 aromatic carbocycles. The molecule has 2 atom stereocenters. The highest BCUT2D eigenvalue weighted by Crippen LogP contribution is 2.31. The van der Waals surface area contributed by atoms with Gasteiger partial charge in [-0.05, 0) is 23.3 Å². The highest BCUT2D eigenvalue weighted by atomic mass is 19.3. The van der Waals surface area contributed by atoms with Gasteiger partial charge in [0.2, 0.25) is 5.91 Å². The normalized spacial score (nSPS) is 19.1. The summed E-state index contributed by atoms with van der Waals surface area (Å²) in [6.07, 6.45) is 3.71. The first kappa shape index (κ1) is 20.1. The van der Waals surface area contributed by atoms with Crippen LogP contribution in [0, 0.1) is 5.92 Å². The Kier molecular flexibility index (Phi) is 6.13. The third-order valence-electron chi connectivity index (χ3n) is 4.92. The van der Waals surface area contributed by atoms with Crippen molar-refractivity contribution in [1.29, 1.82) is 0 Å². The van der Waals surface area contributed by atoms with Gasteiger partial charge in [-0.2, -0.15) is 13.9 Å². The van der Waals surface area contributed by atoms with E-state index in [1.54, 1.807) is 35.0 Å². The van der Waals surface area contributed by atoms with Crippen LogP contribution in [-0.4, -0.2) is 54.4 Å². The van der Waals surface area contributed by atoms with Crippen molar-refractivity contribution in [2.75, 3.05) is 27.2 Å². The van der Waals surface area contributed by atoms with Gasteiger partial charge < -0.3 is 19.7 Å².